The third-order valence-electron chi connectivity index (χ3n) is 6.13. The summed E-state index contributed by atoms with van der Waals surface area (Å²) in [6, 6.07) is 13.5. The summed E-state index contributed by atoms with van der Waals surface area (Å²) >= 11 is 0. The summed E-state index contributed by atoms with van der Waals surface area (Å²) in [4.78, 5) is 40.3. The SMILES string of the molecule is CNC(=O)C(C(=O)CO)N(C)C(=O)c1ccc(C#Cc2ccc(CCN3CCCOCC3)cc2)cc1. The molecule has 0 spiro atoms. The van der Waals surface area contributed by atoms with Gasteiger partial charge in [-0.25, -0.2) is 0 Å². The second-order valence-corrected chi connectivity index (χ2v) is 8.64. The fourth-order valence-corrected chi connectivity index (χ4v) is 3.99. The highest BCUT2D eigenvalue weighted by Gasteiger charge is 2.32. The summed E-state index contributed by atoms with van der Waals surface area (Å²) < 4.78 is 5.51. The molecule has 2 N–H and O–H groups in total. The maximum Gasteiger partial charge on any atom is 0.254 e. The summed E-state index contributed by atoms with van der Waals surface area (Å²) in [6.07, 6.45) is 2.07. The Morgan fingerprint density at radius 2 is 1.67 bits per heavy atom. The van der Waals surface area contributed by atoms with Crippen LogP contribution in [0.15, 0.2) is 48.5 Å². The number of aliphatic hydroxyl groups is 1. The van der Waals surface area contributed by atoms with Crippen LogP contribution in [0.3, 0.4) is 0 Å². The lowest BCUT2D eigenvalue weighted by Gasteiger charge is -2.25. The lowest BCUT2D eigenvalue weighted by atomic mass is 10.1. The Bertz CT molecular complexity index is 1080. The van der Waals surface area contributed by atoms with Crippen LogP contribution in [0.4, 0.5) is 0 Å². The molecule has 1 heterocycles. The fraction of sp³-hybridized carbons (Fsp3) is 0.393. The van der Waals surface area contributed by atoms with Crippen molar-refractivity contribution < 1.29 is 24.2 Å². The number of nitrogens with one attached hydrogen (secondary N) is 1. The van der Waals surface area contributed by atoms with E-state index in [1.807, 2.05) is 12.1 Å². The monoisotopic (exact) mass is 491 g/mol. The number of ketones is 1. The second kappa shape index (κ2) is 13.5. The zero-order chi connectivity index (χ0) is 25.9. The van der Waals surface area contributed by atoms with Crippen LogP contribution in [0.2, 0.25) is 0 Å². The molecule has 0 saturated carbocycles. The van der Waals surface area contributed by atoms with Crippen LogP contribution < -0.4 is 5.32 Å². The van der Waals surface area contributed by atoms with Crippen LogP contribution in [0.25, 0.3) is 0 Å². The number of carbonyl (C=O) groups excluding carboxylic acids is 3. The standard InChI is InChI=1S/C28H33N3O5/c1-29-27(34)26(25(33)20-32)30(2)28(35)24-12-10-22(11-13-24)5-4-21-6-8-23(9-7-21)14-16-31-15-3-18-36-19-17-31/h6-13,26,32H,3,14-20H2,1-2H3,(H,29,34). The average molecular weight is 492 g/mol. The van der Waals surface area contributed by atoms with Crippen molar-refractivity contribution in [3.8, 4) is 11.8 Å². The highest BCUT2D eigenvalue weighted by Crippen LogP contribution is 2.11. The van der Waals surface area contributed by atoms with E-state index in [0.29, 0.717) is 5.56 Å². The number of likely N-dealkylation sites (N-methyl/N-ethyl adjacent to an activating group) is 2. The van der Waals surface area contributed by atoms with Gasteiger partial charge in [0.25, 0.3) is 5.91 Å². The highest BCUT2D eigenvalue weighted by atomic mass is 16.5. The summed E-state index contributed by atoms with van der Waals surface area (Å²) in [6.45, 7) is 3.91. The number of carbonyl (C=O) groups is 3. The van der Waals surface area contributed by atoms with Crippen molar-refractivity contribution in [1.82, 2.24) is 15.1 Å². The molecule has 36 heavy (non-hydrogen) atoms. The topological polar surface area (TPSA) is 99.2 Å². The number of hydrogen-bond acceptors (Lipinski definition) is 6. The highest BCUT2D eigenvalue weighted by molar-refractivity contribution is 6.10. The number of nitrogens with zero attached hydrogens (tertiary/aromatic N) is 2. The van der Waals surface area contributed by atoms with Gasteiger partial charge >= 0.3 is 0 Å². The number of rotatable bonds is 8. The Morgan fingerprint density at radius 1 is 1.03 bits per heavy atom. The van der Waals surface area contributed by atoms with Crippen molar-refractivity contribution in [2.75, 3.05) is 53.6 Å². The smallest absolute Gasteiger partial charge is 0.254 e. The van der Waals surface area contributed by atoms with Gasteiger partial charge in [-0.15, -0.1) is 0 Å². The summed E-state index contributed by atoms with van der Waals surface area (Å²) in [7, 11) is 2.72. The van der Waals surface area contributed by atoms with Gasteiger partial charge in [-0.2, -0.15) is 0 Å². The molecular weight excluding hydrogens is 458 g/mol. The van der Waals surface area contributed by atoms with E-state index < -0.39 is 30.2 Å². The summed E-state index contributed by atoms with van der Waals surface area (Å²) in [5.74, 6) is 4.32. The first-order chi connectivity index (χ1) is 17.4. The molecule has 0 aliphatic carbocycles. The van der Waals surface area contributed by atoms with Crippen molar-refractivity contribution in [2.45, 2.75) is 18.9 Å². The zero-order valence-corrected chi connectivity index (χ0v) is 20.8. The average Bonchev–Trinajstić information content (AvgIpc) is 3.20. The van der Waals surface area contributed by atoms with Gasteiger partial charge in [0.2, 0.25) is 5.91 Å². The Balaban J connectivity index is 1.59. The molecule has 8 nitrogen and oxygen atoms in total. The van der Waals surface area contributed by atoms with E-state index in [-0.39, 0.29) is 0 Å². The molecule has 2 aromatic carbocycles. The molecule has 1 aliphatic heterocycles. The van der Waals surface area contributed by atoms with Crippen LogP contribution in [0.5, 0.6) is 0 Å². The van der Waals surface area contributed by atoms with E-state index in [9.17, 15) is 14.4 Å². The van der Waals surface area contributed by atoms with Gasteiger partial charge in [-0.05, 0) is 54.8 Å². The van der Waals surface area contributed by atoms with Gasteiger partial charge in [0.15, 0.2) is 11.8 Å². The van der Waals surface area contributed by atoms with Gasteiger partial charge in [0, 0.05) is 57.0 Å². The van der Waals surface area contributed by atoms with Crippen molar-refractivity contribution in [3.63, 3.8) is 0 Å². The maximum atomic E-state index is 12.8. The van der Waals surface area contributed by atoms with Crippen LogP contribution in [-0.2, 0) is 20.7 Å². The molecule has 1 unspecified atom stereocenters. The van der Waals surface area contributed by atoms with E-state index in [1.165, 1.54) is 19.7 Å². The minimum atomic E-state index is -1.40. The molecule has 0 radical (unpaired) electrons. The van der Waals surface area contributed by atoms with Crippen molar-refractivity contribution in [1.29, 1.82) is 0 Å². The number of benzene rings is 2. The maximum absolute atomic E-state index is 12.8. The molecule has 190 valence electrons. The van der Waals surface area contributed by atoms with Crippen LogP contribution in [0.1, 0.15) is 33.5 Å². The van der Waals surface area contributed by atoms with E-state index in [4.69, 9.17) is 9.84 Å². The lowest BCUT2D eigenvalue weighted by molar-refractivity contribution is -0.135. The van der Waals surface area contributed by atoms with Crippen molar-refractivity contribution >= 4 is 17.6 Å². The van der Waals surface area contributed by atoms with E-state index in [2.05, 4.69) is 34.2 Å². The molecule has 1 aliphatic rings. The molecular formula is C28H33N3O5. The first kappa shape index (κ1) is 27.1. The molecule has 1 atom stereocenters. The number of hydrogen-bond donors (Lipinski definition) is 2. The summed E-state index contributed by atoms with van der Waals surface area (Å²) in [5, 5.41) is 11.5. The molecule has 1 fully saturated rings. The lowest BCUT2D eigenvalue weighted by Crippen LogP contribution is -2.52. The van der Waals surface area contributed by atoms with E-state index in [1.54, 1.807) is 24.3 Å². The molecule has 2 amide bonds. The normalized spacial score (nSPS) is 14.6. The van der Waals surface area contributed by atoms with Crippen molar-refractivity contribution in [2.24, 2.45) is 0 Å². The number of amides is 2. The predicted molar refractivity (Wildman–Crippen MR) is 136 cm³/mol. The van der Waals surface area contributed by atoms with Crippen molar-refractivity contribution in [3.05, 3.63) is 70.8 Å². The Labute approximate surface area is 212 Å². The second-order valence-electron chi connectivity index (χ2n) is 8.64. The number of Topliss-reactive ketones (excluding diaryl/α,β-unsaturated/α-hetero) is 1. The van der Waals surface area contributed by atoms with Gasteiger partial charge in [-0.1, -0.05) is 24.0 Å². The number of aliphatic hydroxyl groups excluding tert-OH is 1. The third kappa shape index (κ3) is 7.49. The minimum absolute atomic E-state index is 0.308. The minimum Gasteiger partial charge on any atom is -0.388 e. The predicted octanol–water partition coefficient (Wildman–Crippen LogP) is 1.10. The molecule has 3 rings (SSSR count). The Kier molecular flexibility index (Phi) is 10.2. The van der Waals surface area contributed by atoms with Crippen LogP contribution in [-0.4, -0.2) is 92.1 Å². The zero-order valence-electron chi connectivity index (χ0n) is 20.8. The number of ether oxygens (including phenoxy) is 1. The molecule has 8 heteroatoms. The molecule has 1 saturated heterocycles. The third-order valence-corrected chi connectivity index (χ3v) is 6.13. The van der Waals surface area contributed by atoms with E-state index in [0.717, 1.165) is 61.7 Å². The largest absolute Gasteiger partial charge is 0.388 e. The first-order valence-electron chi connectivity index (χ1n) is 12.1. The van der Waals surface area contributed by atoms with E-state index >= 15 is 0 Å². The molecule has 2 aromatic rings. The summed E-state index contributed by atoms with van der Waals surface area (Å²) in [5.41, 5.74) is 3.21. The van der Waals surface area contributed by atoms with Crippen LogP contribution >= 0.6 is 0 Å². The molecule has 0 bridgehead atoms. The Morgan fingerprint density at radius 3 is 2.28 bits per heavy atom. The Hall–Kier alpha value is -3.51. The quantitative estimate of drug-likeness (QED) is 0.424. The van der Waals surface area contributed by atoms with Gasteiger partial charge < -0.3 is 25.0 Å². The van der Waals surface area contributed by atoms with Gasteiger partial charge in [0.1, 0.15) is 6.61 Å². The van der Waals surface area contributed by atoms with Gasteiger partial charge in [-0.3, -0.25) is 14.4 Å². The van der Waals surface area contributed by atoms with Crippen LogP contribution in [0, 0.1) is 11.8 Å². The fourth-order valence-electron chi connectivity index (χ4n) is 3.99. The first-order valence-corrected chi connectivity index (χ1v) is 12.1. The molecule has 0 aromatic heterocycles. The van der Waals surface area contributed by atoms with Gasteiger partial charge in [0.05, 0.1) is 6.61 Å².